The number of hydrogen-bond donors (Lipinski definition) is 9. The first-order valence-corrected chi connectivity index (χ1v) is 11.5. The van der Waals surface area contributed by atoms with Gasteiger partial charge in [0.1, 0.15) is 23.9 Å². The maximum absolute atomic E-state index is 12.8. The first-order valence-electron chi connectivity index (χ1n) is 11.5. The van der Waals surface area contributed by atoms with Gasteiger partial charge in [0, 0.05) is 24.7 Å². The molecule has 0 aliphatic heterocycles. The van der Waals surface area contributed by atoms with Gasteiger partial charge in [0.05, 0.1) is 19.0 Å². The van der Waals surface area contributed by atoms with Crippen molar-refractivity contribution in [3.05, 3.63) is 48.0 Å². The third kappa shape index (κ3) is 9.51. The van der Waals surface area contributed by atoms with E-state index < -0.39 is 60.4 Å². The van der Waals surface area contributed by atoms with Gasteiger partial charge in [-0.25, -0.2) is 9.78 Å². The summed E-state index contributed by atoms with van der Waals surface area (Å²) in [5.41, 5.74) is 12.1. The Labute approximate surface area is 217 Å². The molecule has 0 aliphatic rings. The van der Waals surface area contributed by atoms with Crippen molar-refractivity contribution in [1.29, 1.82) is 0 Å². The number of aliphatic hydroxyl groups is 1. The molecule has 0 aliphatic carbocycles. The van der Waals surface area contributed by atoms with Crippen molar-refractivity contribution in [3.63, 3.8) is 0 Å². The monoisotopic (exact) mass is 533 g/mol. The van der Waals surface area contributed by atoms with Gasteiger partial charge < -0.3 is 47.7 Å². The molecule has 1 heterocycles. The van der Waals surface area contributed by atoms with E-state index in [2.05, 4.69) is 25.9 Å². The Bertz CT molecular complexity index is 1110. The van der Waals surface area contributed by atoms with Crippen molar-refractivity contribution in [2.75, 3.05) is 6.61 Å². The number of aromatic hydroxyl groups is 1. The van der Waals surface area contributed by atoms with Gasteiger partial charge in [-0.3, -0.25) is 19.2 Å². The number of H-pyrrole nitrogens is 1. The number of carbonyl (C=O) groups excluding carboxylic acids is 4. The lowest BCUT2D eigenvalue weighted by molar-refractivity contribution is -0.142. The molecule has 38 heavy (non-hydrogen) atoms. The highest BCUT2D eigenvalue weighted by molar-refractivity contribution is 5.94. The number of aliphatic hydroxyl groups excluding tert-OH is 1. The first-order chi connectivity index (χ1) is 18.0. The number of hydrogen-bond acceptors (Lipinski definition) is 9. The standard InChI is InChI=1S/C23H31N7O8/c24-15(7-12-1-3-14(32)4-2-12)20(34)30-18(10-31)22(36)28-16(5-6-19(25)33)21(35)29-17(23(37)38)8-13-9-26-11-27-13/h1-4,9,11,15-18,31-32H,5-8,10,24H2,(H2,25,33)(H,26,27)(H,28,36)(H,29,35)(H,30,34)(H,37,38). The van der Waals surface area contributed by atoms with E-state index in [1.807, 2.05) is 0 Å². The quantitative estimate of drug-likeness (QED) is 0.112. The van der Waals surface area contributed by atoms with Crippen LogP contribution in [-0.4, -0.2) is 85.7 Å². The number of carboxylic acid groups (broad SMARTS) is 1. The van der Waals surface area contributed by atoms with Crippen LogP contribution in [0, 0.1) is 0 Å². The highest BCUT2D eigenvalue weighted by atomic mass is 16.4. The van der Waals surface area contributed by atoms with Gasteiger partial charge in [0.15, 0.2) is 0 Å². The van der Waals surface area contributed by atoms with Crippen LogP contribution in [0.25, 0.3) is 0 Å². The minimum Gasteiger partial charge on any atom is -0.508 e. The lowest BCUT2D eigenvalue weighted by atomic mass is 10.1. The predicted molar refractivity (Wildman–Crippen MR) is 131 cm³/mol. The Morgan fingerprint density at radius 3 is 2.08 bits per heavy atom. The third-order valence-corrected chi connectivity index (χ3v) is 5.45. The van der Waals surface area contributed by atoms with Gasteiger partial charge in [-0.15, -0.1) is 0 Å². The van der Waals surface area contributed by atoms with E-state index in [0.717, 1.165) is 0 Å². The number of phenolic OH excluding ortho intramolecular Hbond substituents is 1. The summed E-state index contributed by atoms with van der Waals surface area (Å²) in [4.78, 5) is 67.6. The molecule has 11 N–H and O–H groups in total. The number of nitrogens with zero attached hydrogens (tertiary/aromatic N) is 1. The molecule has 4 atom stereocenters. The molecule has 15 nitrogen and oxygen atoms in total. The number of nitrogens with two attached hydrogens (primary N) is 2. The summed E-state index contributed by atoms with van der Waals surface area (Å²) in [5.74, 6) is -4.74. The second-order valence-electron chi connectivity index (χ2n) is 8.47. The number of aliphatic carboxylic acids is 1. The van der Waals surface area contributed by atoms with Crippen molar-refractivity contribution in [2.24, 2.45) is 11.5 Å². The summed E-state index contributed by atoms with van der Waals surface area (Å²) in [6.45, 7) is -0.842. The van der Waals surface area contributed by atoms with Crippen molar-refractivity contribution < 1.29 is 39.3 Å². The van der Waals surface area contributed by atoms with Crippen LogP contribution >= 0.6 is 0 Å². The second kappa shape index (κ2) is 14.3. The molecule has 0 bridgehead atoms. The fourth-order valence-electron chi connectivity index (χ4n) is 3.37. The molecule has 0 saturated heterocycles. The molecule has 15 heteroatoms. The molecule has 0 saturated carbocycles. The van der Waals surface area contributed by atoms with Crippen LogP contribution in [0.1, 0.15) is 24.1 Å². The molecule has 0 spiro atoms. The van der Waals surface area contributed by atoms with Crippen molar-refractivity contribution in [3.8, 4) is 5.75 Å². The van der Waals surface area contributed by atoms with Crippen LogP contribution in [0.3, 0.4) is 0 Å². The second-order valence-corrected chi connectivity index (χ2v) is 8.47. The van der Waals surface area contributed by atoms with E-state index in [1.165, 1.54) is 24.7 Å². The maximum Gasteiger partial charge on any atom is 0.326 e. The van der Waals surface area contributed by atoms with Crippen LogP contribution in [0.5, 0.6) is 5.75 Å². The molecule has 4 unspecified atom stereocenters. The Balaban J connectivity index is 2.05. The summed E-state index contributed by atoms with van der Waals surface area (Å²) in [5, 5.41) is 35.4. The summed E-state index contributed by atoms with van der Waals surface area (Å²) >= 11 is 0. The Morgan fingerprint density at radius 1 is 0.921 bits per heavy atom. The summed E-state index contributed by atoms with van der Waals surface area (Å²) in [7, 11) is 0. The summed E-state index contributed by atoms with van der Waals surface area (Å²) in [6.07, 6.45) is 2.08. The van der Waals surface area contributed by atoms with E-state index in [4.69, 9.17) is 11.5 Å². The minimum atomic E-state index is -1.50. The Morgan fingerprint density at radius 2 is 1.53 bits per heavy atom. The first kappa shape index (κ1) is 29.7. The number of benzene rings is 1. The van der Waals surface area contributed by atoms with Gasteiger partial charge in [-0.1, -0.05) is 12.1 Å². The lowest BCUT2D eigenvalue weighted by Gasteiger charge is -2.24. The number of primary amides is 1. The number of aromatic nitrogens is 2. The minimum absolute atomic E-state index is 0.0368. The van der Waals surface area contributed by atoms with Crippen LogP contribution in [0.15, 0.2) is 36.8 Å². The van der Waals surface area contributed by atoms with Crippen molar-refractivity contribution in [1.82, 2.24) is 25.9 Å². The molecule has 1 aromatic heterocycles. The van der Waals surface area contributed by atoms with Gasteiger partial charge in [0.2, 0.25) is 23.6 Å². The molecule has 2 rings (SSSR count). The number of imidazole rings is 1. The highest BCUT2D eigenvalue weighted by Gasteiger charge is 2.30. The number of phenols is 1. The van der Waals surface area contributed by atoms with Crippen LogP contribution in [0.4, 0.5) is 0 Å². The number of carbonyl (C=O) groups is 5. The topological polar surface area (TPSA) is 263 Å². The fourth-order valence-corrected chi connectivity index (χ4v) is 3.37. The third-order valence-electron chi connectivity index (χ3n) is 5.45. The zero-order chi connectivity index (χ0) is 28.2. The van der Waals surface area contributed by atoms with Gasteiger partial charge in [-0.2, -0.15) is 0 Å². The van der Waals surface area contributed by atoms with Crippen LogP contribution < -0.4 is 27.4 Å². The Hall–Kier alpha value is -4.50. The largest absolute Gasteiger partial charge is 0.508 e. The van der Waals surface area contributed by atoms with Crippen molar-refractivity contribution >= 4 is 29.6 Å². The molecule has 2 aromatic rings. The van der Waals surface area contributed by atoms with Gasteiger partial charge in [0.25, 0.3) is 0 Å². The van der Waals surface area contributed by atoms with Crippen LogP contribution in [0.2, 0.25) is 0 Å². The molecule has 0 radical (unpaired) electrons. The van der Waals surface area contributed by atoms with E-state index >= 15 is 0 Å². The predicted octanol–water partition coefficient (Wildman–Crippen LogP) is -2.98. The summed E-state index contributed by atoms with van der Waals surface area (Å²) in [6, 6.07) is 0.578. The fraction of sp³-hybridized carbons (Fsp3) is 0.391. The van der Waals surface area contributed by atoms with E-state index in [1.54, 1.807) is 12.1 Å². The molecular weight excluding hydrogens is 502 g/mol. The molecule has 206 valence electrons. The number of nitrogens with one attached hydrogen (secondary N) is 4. The number of carboxylic acids is 1. The normalized spacial score (nSPS) is 13.9. The zero-order valence-corrected chi connectivity index (χ0v) is 20.3. The molecule has 1 aromatic carbocycles. The van der Waals surface area contributed by atoms with Crippen molar-refractivity contribution in [2.45, 2.75) is 49.9 Å². The van der Waals surface area contributed by atoms with Crippen LogP contribution in [-0.2, 0) is 36.8 Å². The molecule has 4 amide bonds. The number of aromatic amines is 1. The average molecular weight is 534 g/mol. The van der Waals surface area contributed by atoms with Gasteiger partial charge >= 0.3 is 5.97 Å². The molecular formula is C23H31N7O8. The highest BCUT2D eigenvalue weighted by Crippen LogP contribution is 2.11. The smallest absolute Gasteiger partial charge is 0.326 e. The van der Waals surface area contributed by atoms with E-state index in [-0.39, 0.29) is 31.4 Å². The number of rotatable bonds is 15. The van der Waals surface area contributed by atoms with E-state index in [9.17, 15) is 39.3 Å². The average Bonchev–Trinajstić information content (AvgIpc) is 3.38. The molecule has 0 fully saturated rings. The summed E-state index contributed by atoms with van der Waals surface area (Å²) < 4.78 is 0. The zero-order valence-electron chi connectivity index (χ0n) is 20.3. The lowest BCUT2D eigenvalue weighted by Crippen LogP contribution is -2.58. The SMILES string of the molecule is NC(=O)CCC(NC(=O)C(CO)NC(=O)C(N)Cc1ccc(O)cc1)C(=O)NC(Cc1cnc[nH]1)C(=O)O. The maximum atomic E-state index is 12.8. The van der Waals surface area contributed by atoms with Gasteiger partial charge in [-0.05, 0) is 30.5 Å². The number of amides is 4. The van der Waals surface area contributed by atoms with E-state index in [0.29, 0.717) is 11.3 Å². The Kier molecular flexibility index (Phi) is 11.2.